The molecule has 0 fully saturated rings. The summed E-state index contributed by atoms with van der Waals surface area (Å²) >= 11 is 3.56. The summed E-state index contributed by atoms with van der Waals surface area (Å²) in [4.78, 5) is 2.53. The molecule has 2 nitrogen and oxygen atoms in total. The standard InChI is InChI=1S/C18H21BrN2/c1-20-18(14-7-4-8-17(19)11-14)9-10-21-12-15-5-2-3-6-16(15)13-21/h2-8,11,18,20H,9-10,12-13H2,1H3. The summed E-state index contributed by atoms with van der Waals surface area (Å²) in [5, 5.41) is 3.44. The van der Waals surface area contributed by atoms with Crippen LogP contribution in [0.25, 0.3) is 0 Å². The second-order valence-corrected chi connectivity index (χ2v) is 6.58. The maximum absolute atomic E-state index is 3.56. The zero-order valence-electron chi connectivity index (χ0n) is 12.3. The summed E-state index contributed by atoms with van der Waals surface area (Å²) in [5.74, 6) is 0. The molecule has 2 aromatic carbocycles. The van der Waals surface area contributed by atoms with Crippen LogP contribution in [-0.4, -0.2) is 18.5 Å². The molecule has 0 spiro atoms. The summed E-state index contributed by atoms with van der Waals surface area (Å²) in [6.07, 6.45) is 1.13. The van der Waals surface area contributed by atoms with Crippen molar-refractivity contribution >= 4 is 15.9 Å². The zero-order valence-corrected chi connectivity index (χ0v) is 13.9. The lowest BCUT2D eigenvalue weighted by molar-refractivity contribution is 0.266. The van der Waals surface area contributed by atoms with Crippen LogP contribution in [0.5, 0.6) is 0 Å². The van der Waals surface area contributed by atoms with Gasteiger partial charge in [0, 0.05) is 30.1 Å². The smallest absolute Gasteiger partial charge is 0.0330 e. The van der Waals surface area contributed by atoms with Crippen molar-refractivity contribution < 1.29 is 0 Å². The summed E-state index contributed by atoms with van der Waals surface area (Å²) in [7, 11) is 2.05. The SMILES string of the molecule is CNC(CCN1Cc2ccccc2C1)c1cccc(Br)c1. The van der Waals surface area contributed by atoms with Crippen molar-refractivity contribution in [1.29, 1.82) is 0 Å². The van der Waals surface area contributed by atoms with Gasteiger partial charge in [0.1, 0.15) is 0 Å². The highest BCUT2D eigenvalue weighted by molar-refractivity contribution is 9.10. The Kier molecular flexibility index (Phi) is 4.73. The zero-order chi connectivity index (χ0) is 14.7. The summed E-state index contributed by atoms with van der Waals surface area (Å²) in [6.45, 7) is 3.29. The molecule has 0 radical (unpaired) electrons. The van der Waals surface area contributed by atoms with E-state index in [9.17, 15) is 0 Å². The molecule has 1 heterocycles. The van der Waals surface area contributed by atoms with Crippen LogP contribution in [0.2, 0.25) is 0 Å². The van der Waals surface area contributed by atoms with E-state index in [0.29, 0.717) is 6.04 Å². The lowest BCUT2D eigenvalue weighted by Gasteiger charge is -2.21. The van der Waals surface area contributed by atoms with Crippen LogP contribution in [0.4, 0.5) is 0 Å². The fraction of sp³-hybridized carbons (Fsp3) is 0.333. The number of nitrogens with zero attached hydrogens (tertiary/aromatic N) is 1. The molecule has 0 aliphatic carbocycles. The maximum Gasteiger partial charge on any atom is 0.0330 e. The first-order chi connectivity index (χ1) is 10.3. The third kappa shape index (κ3) is 3.54. The van der Waals surface area contributed by atoms with E-state index in [1.165, 1.54) is 16.7 Å². The highest BCUT2D eigenvalue weighted by Crippen LogP contribution is 2.25. The molecule has 110 valence electrons. The lowest BCUT2D eigenvalue weighted by atomic mass is 10.0. The molecular weight excluding hydrogens is 324 g/mol. The number of hydrogen-bond donors (Lipinski definition) is 1. The minimum Gasteiger partial charge on any atom is -0.313 e. The molecule has 1 atom stereocenters. The normalized spacial score (nSPS) is 15.9. The first-order valence-electron chi connectivity index (χ1n) is 7.48. The van der Waals surface area contributed by atoms with Gasteiger partial charge in [-0.25, -0.2) is 0 Å². The van der Waals surface area contributed by atoms with E-state index in [0.717, 1.165) is 30.5 Å². The van der Waals surface area contributed by atoms with E-state index >= 15 is 0 Å². The molecule has 0 saturated heterocycles. The monoisotopic (exact) mass is 344 g/mol. The van der Waals surface area contributed by atoms with Crippen molar-refractivity contribution in [3.63, 3.8) is 0 Å². The van der Waals surface area contributed by atoms with Gasteiger partial charge < -0.3 is 5.32 Å². The highest BCUT2D eigenvalue weighted by atomic mass is 79.9. The first-order valence-corrected chi connectivity index (χ1v) is 8.27. The van der Waals surface area contributed by atoms with Crippen LogP contribution in [0.1, 0.15) is 29.2 Å². The Morgan fingerprint density at radius 1 is 1.10 bits per heavy atom. The number of nitrogens with one attached hydrogen (secondary N) is 1. The topological polar surface area (TPSA) is 15.3 Å². The Labute approximate surface area is 135 Å². The van der Waals surface area contributed by atoms with Crippen molar-refractivity contribution in [3.8, 4) is 0 Å². The quantitative estimate of drug-likeness (QED) is 0.877. The van der Waals surface area contributed by atoms with Crippen LogP contribution < -0.4 is 5.32 Å². The van der Waals surface area contributed by atoms with Crippen LogP contribution in [0, 0.1) is 0 Å². The molecule has 3 heteroatoms. The van der Waals surface area contributed by atoms with Crippen molar-refractivity contribution in [2.75, 3.05) is 13.6 Å². The summed E-state index contributed by atoms with van der Waals surface area (Å²) in [5.41, 5.74) is 4.32. The van der Waals surface area contributed by atoms with Crippen LogP contribution in [0.15, 0.2) is 53.0 Å². The average Bonchev–Trinajstić information content (AvgIpc) is 2.91. The van der Waals surface area contributed by atoms with Crippen molar-refractivity contribution in [1.82, 2.24) is 10.2 Å². The summed E-state index contributed by atoms with van der Waals surface area (Å²) < 4.78 is 1.15. The highest BCUT2D eigenvalue weighted by Gasteiger charge is 2.19. The van der Waals surface area contributed by atoms with Gasteiger partial charge in [0.15, 0.2) is 0 Å². The van der Waals surface area contributed by atoms with Gasteiger partial charge >= 0.3 is 0 Å². The van der Waals surface area contributed by atoms with Crippen LogP contribution in [-0.2, 0) is 13.1 Å². The second kappa shape index (κ2) is 6.73. The Morgan fingerprint density at radius 3 is 2.43 bits per heavy atom. The number of hydrogen-bond acceptors (Lipinski definition) is 2. The fourth-order valence-corrected chi connectivity index (χ4v) is 3.49. The van der Waals surface area contributed by atoms with Crippen molar-refractivity contribution in [2.45, 2.75) is 25.6 Å². The molecular formula is C18H21BrN2. The molecule has 21 heavy (non-hydrogen) atoms. The van der Waals surface area contributed by atoms with Gasteiger partial charge in [-0.15, -0.1) is 0 Å². The predicted molar refractivity (Wildman–Crippen MR) is 91.1 cm³/mol. The predicted octanol–water partition coefficient (Wildman–Crippen LogP) is 4.12. The minimum atomic E-state index is 0.409. The lowest BCUT2D eigenvalue weighted by Crippen LogP contribution is -2.24. The molecule has 2 aromatic rings. The molecule has 1 unspecified atom stereocenters. The largest absolute Gasteiger partial charge is 0.313 e. The van der Waals surface area contributed by atoms with Crippen molar-refractivity contribution in [2.24, 2.45) is 0 Å². The van der Waals surface area contributed by atoms with Crippen LogP contribution >= 0.6 is 15.9 Å². The Bertz CT molecular complexity index is 587. The van der Waals surface area contributed by atoms with E-state index in [-0.39, 0.29) is 0 Å². The van der Waals surface area contributed by atoms with E-state index in [1.54, 1.807) is 0 Å². The molecule has 0 bridgehead atoms. The Morgan fingerprint density at radius 2 is 1.81 bits per heavy atom. The van der Waals surface area contributed by atoms with Gasteiger partial charge in [0.2, 0.25) is 0 Å². The van der Waals surface area contributed by atoms with Crippen LogP contribution in [0.3, 0.4) is 0 Å². The second-order valence-electron chi connectivity index (χ2n) is 5.66. The third-order valence-corrected chi connectivity index (χ3v) is 4.73. The molecule has 0 amide bonds. The first kappa shape index (κ1) is 14.8. The molecule has 1 aliphatic heterocycles. The minimum absolute atomic E-state index is 0.409. The molecule has 1 aliphatic rings. The molecule has 1 N–H and O–H groups in total. The van der Waals surface area contributed by atoms with Gasteiger partial charge in [-0.1, -0.05) is 52.3 Å². The van der Waals surface area contributed by atoms with Gasteiger partial charge in [0.05, 0.1) is 0 Å². The van der Waals surface area contributed by atoms with Gasteiger partial charge in [-0.3, -0.25) is 4.90 Å². The summed E-state index contributed by atoms with van der Waals surface area (Å²) in [6, 6.07) is 17.8. The molecule has 3 rings (SSSR count). The van der Waals surface area contributed by atoms with Gasteiger partial charge in [-0.05, 0) is 42.3 Å². The Hall–Kier alpha value is -1.16. The van der Waals surface area contributed by atoms with Gasteiger partial charge in [0.25, 0.3) is 0 Å². The molecule has 0 saturated carbocycles. The maximum atomic E-state index is 3.56. The fourth-order valence-electron chi connectivity index (χ4n) is 3.07. The number of rotatable bonds is 5. The van der Waals surface area contributed by atoms with E-state index in [2.05, 4.69) is 74.7 Å². The number of benzene rings is 2. The Balaban J connectivity index is 1.60. The number of halogens is 1. The molecule has 0 aromatic heterocycles. The van der Waals surface area contributed by atoms with E-state index in [4.69, 9.17) is 0 Å². The average molecular weight is 345 g/mol. The third-order valence-electron chi connectivity index (χ3n) is 4.24. The van der Waals surface area contributed by atoms with E-state index in [1.807, 2.05) is 7.05 Å². The van der Waals surface area contributed by atoms with Gasteiger partial charge in [-0.2, -0.15) is 0 Å². The van der Waals surface area contributed by atoms with E-state index < -0.39 is 0 Å². The number of fused-ring (bicyclic) bond motifs is 1. The van der Waals surface area contributed by atoms with Crippen molar-refractivity contribution in [3.05, 3.63) is 69.7 Å².